The van der Waals surface area contributed by atoms with Gasteiger partial charge in [-0.15, -0.1) is 0 Å². The van der Waals surface area contributed by atoms with Gasteiger partial charge in [-0.3, -0.25) is 4.90 Å². The maximum absolute atomic E-state index is 6.16. The van der Waals surface area contributed by atoms with E-state index in [0.717, 1.165) is 31.9 Å². The number of likely N-dealkylation sites (N-methyl/N-ethyl adjacent to an activating group) is 1. The van der Waals surface area contributed by atoms with E-state index in [2.05, 4.69) is 39.3 Å². The minimum Gasteiger partial charge on any atom is -0.367 e. The van der Waals surface area contributed by atoms with Crippen LogP contribution in [0.25, 0.3) is 0 Å². The van der Waals surface area contributed by atoms with E-state index in [1.165, 1.54) is 19.4 Å². The number of nitrogens with one attached hydrogen (secondary N) is 2. The topological polar surface area (TPSA) is 53.1 Å². The average molecular weight is 298 g/mol. The summed E-state index contributed by atoms with van der Waals surface area (Å²) in [5, 5.41) is 7.13. The molecule has 2 heterocycles. The van der Waals surface area contributed by atoms with Crippen molar-refractivity contribution in [1.82, 2.24) is 14.9 Å². The van der Waals surface area contributed by atoms with Crippen LogP contribution in [0.3, 0.4) is 0 Å². The molecule has 0 radical (unpaired) electrons. The first-order valence-electron chi connectivity index (χ1n) is 7.49. The molecule has 5 nitrogen and oxygen atoms in total. The van der Waals surface area contributed by atoms with Crippen LogP contribution >= 0.6 is 11.6 Å². The molecule has 1 aromatic heterocycles. The van der Waals surface area contributed by atoms with Crippen LogP contribution < -0.4 is 10.6 Å². The Hall–Kier alpha value is -1.07. The summed E-state index contributed by atoms with van der Waals surface area (Å²) in [7, 11) is 0. The number of likely N-dealkylation sites (tertiary alicyclic amines) is 1. The summed E-state index contributed by atoms with van der Waals surface area (Å²) in [4.78, 5) is 11.1. The van der Waals surface area contributed by atoms with Crippen LogP contribution in [0.15, 0.2) is 6.20 Å². The van der Waals surface area contributed by atoms with Gasteiger partial charge < -0.3 is 10.6 Å². The van der Waals surface area contributed by atoms with Crippen molar-refractivity contribution in [1.29, 1.82) is 0 Å². The molecule has 1 unspecified atom stereocenters. The van der Waals surface area contributed by atoms with Gasteiger partial charge in [0.25, 0.3) is 0 Å². The zero-order valence-corrected chi connectivity index (χ0v) is 13.1. The number of aromatic nitrogens is 2. The second-order valence-corrected chi connectivity index (χ2v) is 5.53. The van der Waals surface area contributed by atoms with E-state index >= 15 is 0 Å². The molecule has 20 heavy (non-hydrogen) atoms. The van der Waals surface area contributed by atoms with Gasteiger partial charge in [0, 0.05) is 19.1 Å². The van der Waals surface area contributed by atoms with Crippen molar-refractivity contribution in [2.75, 3.05) is 36.8 Å². The van der Waals surface area contributed by atoms with Gasteiger partial charge in [-0.25, -0.2) is 4.98 Å². The van der Waals surface area contributed by atoms with Crippen molar-refractivity contribution in [2.45, 2.75) is 39.2 Å². The van der Waals surface area contributed by atoms with Crippen molar-refractivity contribution in [3.05, 3.63) is 11.2 Å². The minimum absolute atomic E-state index is 0.577. The molecule has 1 fully saturated rings. The fraction of sp³-hybridized carbons (Fsp3) is 0.714. The van der Waals surface area contributed by atoms with E-state index in [9.17, 15) is 0 Å². The first-order chi connectivity index (χ1) is 9.74. The fourth-order valence-electron chi connectivity index (χ4n) is 2.57. The quantitative estimate of drug-likeness (QED) is 0.810. The van der Waals surface area contributed by atoms with Crippen LogP contribution in [-0.4, -0.2) is 47.1 Å². The number of rotatable bonds is 7. The lowest BCUT2D eigenvalue weighted by Gasteiger charge is -2.23. The van der Waals surface area contributed by atoms with Gasteiger partial charge in [-0.1, -0.05) is 25.4 Å². The zero-order chi connectivity index (χ0) is 14.4. The highest BCUT2D eigenvalue weighted by atomic mass is 35.5. The molecular formula is C14H24ClN5. The Morgan fingerprint density at radius 2 is 2.25 bits per heavy atom. The zero-order valence-electron chi connectivity index (χ0n) is 12.3. The lowest BCUT2D eigenvalue weighted by atomic mass is 10.2. The molecule has 0 aliphatic carbocycles. The summed E-state index contributed by atoms with van der Waals surface area (Å²) in [5.41, 5.74) is 0. The number of halogens is 1. The smallest absolute Gasteiger partial charge is 0.224 e. The summed E-state index contributed by atoms with van der Waals surface area (Å²) in [6, 6.07) is 0.582. The number of hydrogen-bond acceptors (Lipinski definition) is 5. The van der Waals surface area contributed by atoms with E-state index in [-0.39, 0.29) is 0 Å². The SMILES string of the molecule is CCCNc1ncc(Cl)c(NCC2CCCN2CC)n1. The van der Waals surface area contributed by atoms with E-state index in [1.807, 2.05) is 0 Å². The fourth-order valence-corrected chi connectivity index (χ4v) is 2.73. The molecule has 0 bridgehead atoms. The highest BCUT2D eigenvalue weighted by Crippen LogP contribution is 2.21. The van der Waals surface area contributed by atoms with Crippen molar-refractivity contribution in [3.63, 3.8) is 0 Å². The molecule has 0 amide bonds. The van der Waals surface area contributed by atoms with E-state index < -0.39 is 0 Å². The van der Waals surface area contributed by atoms with E-state index in [0.29, 0.717) is 17.0 Å². The van der Waals surface area contributed by atoms with Gasteiger partial charge in [0.15, 0.2) is 5.82 Å². The van der Waals surface area contributed by atoms with Gasteiger partial charge in [-0.05, 0) is 32.4 Å². The third-order valence-electron chi connectivity index (χ3n) is 3.69. The van der Waals surface area contributed by atoms with Crippen molar-refractivity contribution in [3.8, 4) is 0 Å². The van der Waals surface area contributed by atoms with Crippen LogP contribution in [0.5, 0.6) is 0 Å². The van der Waals surface area contributed by atoms with E-state index in [1.54, 1.807) is 6.20 Å². The summed E-state index contributed by atoms with van der Waals surface area (Å²) < 4.78 is 0. The van der Waals surface area contributed by atoms with Crippen LogP contribution in [0.2, 0.25) is 5.02 Å². The Kier molecular flexibility index (Phi) is 5.86. The highest BCUT2D eigenvalue weighted by Gasteiger charge is 2.22. The molecule has 1 aromatic rings. The van der Waals surface area contributed by atoms with Gasteiger partial charge in [-0.2, -0.15) is 4.98 Å². The largest absolute Gasteiger partial charge is 0.367 e. The third-order valence-corrected chi connectivity index (χ3v) is 3.96. The van der Waals surface area contributed by atoms with Gasteiger partial charge >= 0.3 is 0 Å². The normalized spacial score (nSPS) is 19.2. The molecule has 2 N–H and O–H groups in total. The van der Waals surface area contributed by atoms with Gasteiger partial charge in [0.05, 0.1) is 6.20 Å². The molecule has 0 saturated carbocycles. The lowest BCUT2D eigenvalue weighted by Crippen LogP contribution is -2.34. The second kappa shape index (κ2) is 7.64. The second-order valence-electron chi connectivity index (χ2n) is 5.12. The molecule has 1 aliphatic heterocycles. The summed E-state index contributed by atoms with van der Waals surface area (Å²) in [5.74, 6) is 1.36. The first-order valence-corrected chi connectivity index (χ1v) is 7.86. The van der Waals surface area contributed by atoms with Crippen LogP contribution in [0.1, 0.15) is 33.1 Å². The summed E-state index contributed by atoms with van der Waals surface area (Å²) >= 11 is 6.16. The van der Waals surface area contributed by atoms with E-state index in [4.69, 9.17) is 11.6 Å². The third kappa shape index (κ3) is 3.96. The molecule has 112 valence electrons. The Balaban J connectivity index is 1.94. The maximum atomic E-state index is 6.16. The van der Waals surface area contributed by atoms with Crippen LogP contribution in [0.4, 0.5) is 11.8 Å². The molecular weight excluding hydrogens is 274 g/mol. The monoisotopic (exact) mass is 297 g/mol. The Morgan fingerprint density at radius 1 is 1.40 bits per heavy atom. The first kappa shape index (κ1) is 15.3. The van der Waals surface area contributed by atoms with Crippen LogP contribution in [0, 0.1) is 0 Å². The standard InChI is InChI=1S/C14H24ClN5/c1-3-7-16-14-18-10-12(15)13(19-14)17-9-11-6-5-8-20(11)4-2/h10-11H,3-9H2,1-2H3,(H2,16,17,18,19). The molecule has 1 atom stereocenters. The molecule has 6 heteroatoms. The number of nitrogens with zero attached hydrogens (tertiary/aromatic N) is 3. The van der Waals surface area contributed by atoms with Crippen molar-refractivity contribution >= 4 is 23.4 Å². The molecule has 0 aromatic carbocycles. The van der Waals surface area contributed by atoms with Gasteiger partial charge in [0.2, 0.25) is 5.95 Å². The van der Waals surface area contributed by atoms with Crippen molar-refractivity contribution < 1.29 is 0 Å². The lowest BCUT2D eigenvalue weighted by molar-refractivity contribution is 0.277. The van der Waals surface area contributed by atoms with Crippen molar-refractivity contribution in [2.24, 2.45) is 0 Å². The number of hydrogen-bond donors (Lipinski definition) is 2. The molecule has 1 aliphatic rings. The van der Waals surface area contributed by atoms with Crippen LogP contribution in [-0.2, 0) is 0 Å². The Labute approximate surface area is 126 Å². The highest BCUT2D eigenvalue weighted by molar-refractivity contribution is 6.32. The predicted octanol–water partition coefficient (Wildman–Crippen LogP) is 2.85. The Bertz CT molecular complexity index is 426. The van der Waals surface area contributed by atoms with Gasteiger partial charge in [0.1, 0.15) is 5.02 Å². The number of anilines is 2. The average Bonchev–Trinajstić information content (AvgIpc) is 2.92. The summed E-state index contributed by atoms with van der Waals surface area (Å²) in [6.07, 6.45) is 5.22. The Morgan fingerprint density at radius 3 is 3.00 bits per heavy atom. The molecule has 1 saturated heterocycles. The maximum Gasteiger partial charge on any atom is 0.224 e. The predicted molar refractivity (Wildman–Crippen MR) is 84.6 cm³/mol. The molecule has 2 rings (SSSR count). The minimum atomic E-state index is 0.577. The summed E-state index contributed by atoms with van der Waals surface area (Å²) in [6.45, 7) is 8.38. The molecule has 0 spiro atoms.